The van der Waals surface area contributed by atoms with Crippen LogP contribution >= 0.6 is 0 Å². The Balaban J connectivity index is 2.03. The average molecular weight is 297 g/mol. The van der Waals surface area contributed by atoms with Gasteiger partial charge in [-0.15, -0.1) is 0 Å². The SMILES string of the molecule is CC(C)N1CC(=O)N(C)C(CC2COCCN2C(C)C)C1. The van der Waals surface area contributed by atoms with Gasteiger partial charge in [0, 0.05) is 44.3 Å². The first-order chi connectivity index (χ1) is 9.90. The van der Waals surface area contributed by atoms with Gasteiger partial charge >= 0.3 is 0 Å². The number of hydrogen-bond acceptors (Lipinski definition) is 4. The lowest BCUT2D eigenvalue weighted by Gasteiger charge is -2.45. The normalized spacial score (nSPS) is 29.7. The van der Waals surface area contributed by atoms with Crippen LogP contribution in [0.5, 0.6) is 0 Å². The molecule has 0 aromatic rings. The van der Waals surface area contributed by atoms with Gasteiger partial charge in [-0.1, -0.05) is 0 Å². The molecule has 0 N–H and O–H groups in total. The number of hydrogen-bond donors (Lipinski definition) is 0. The van der Waals surface area contributed by atoms with Crippen molar-refractivity contribution in [1.82, 2.24) is 14.7 Å². The number of nitrogens with zero attached hydrogens (tertiary/aromatic N) is 3. The summed E-state index contributed by atoms with van der Waals surface area (Å²) < 4.78 is 5.68. The smallest absolute Gasteiger partial charge is 0.236 e. The van der Waals surface area contributed by atoms with Gasteiger partial charge in [-0.25, -0.2) is 0 Å². The molecule has 2 heterocycles. The Morgan fingerprint density at radius 2 is 1.90 bits per heavy atom. The van der Waals surface area contributed by atoms with E-state index in [0.717, 1.165) is 32.7 Å². The van der Waals surface area contributed by atoms with E-state index in [1.54, 1.807) is 0 Å². The Kier molecular flexibility index (Phi) is 5.63. The molecular weight excluding hydrogens is 266 g/mol. The van der Waals surface area contributed by atoms with Crippen LogP contribution in [0.2, 0.25) is 0 Å². The van der Waals surface area contributed by atoms with Crippen molar-refractivity contribution in [2.45, 2.75) is 58.3 Å². The minimum atomic E-state index is 0.243. The van der Waals surface area contributed by atoms with Gasteiger partial charge in [0.15, 0.2) is 0 Å². The van der Waals surface area contributed by atoms with Crippen molar-refractivity contribution in [2.24, 2.45) is 0 Å². The number of rotatable bonds is 4. The average Bonchev–Trinajstić information content (AvgIpc) is 2.43. The van der Waals surface area contributed by atoms with E-state index in [1.807, 2.05) is 11.9 Å². The van der Waals surface area contributed by atoms with Crippen molar-refractivity contribution in [3.8, 4) is 0 Å². The molecule has 2 aliphatic rings. The Hall–Kier alpha value is -0.650. The van der Waals surface area contributed by atoms with Crippen molar-refractivity contribution in [3.63, 3.8) is 0 Å². The summed E-state index contributed by atoms with van der Waals surface area (Å²) in [6, 6.07) is 1.67. The van der Waals surface area contributed by atoms with Gasteiger partial charge in [0.05, 0.1) is 19.8 Å². The highest BCUT2D eigenvalue weighted by Gasteiger charge is 2.35. The first kappa shape index (κ1) is 16.7. The zero-order valence-corrected chi connectivity index (χ0v) is 14.2. The minimum absolute atomic E-state index is 0.243. The molecule has 0 aliphatic carbocycles. The minimum Gasteiger partial charge on any atom is -0.378 e. The van der Waals surface area contributed by atoms with Gasteiger partial charge in [0.25, 0.3) is 0 Å². The molecule has 2 fully saturated rings. The summed E-state index contributed by atoms with van der Waals surface area (Å²) in [5.74, 6) is 0.243. The molecule has 122 valence electrons. The molecule has 0 aromatic heterocycles. The van der Waals surface area contributed by atoms with Crippen LogP contribution in [0.4, 0.5) is 0 Å². The summed E-state index contributed by atoms with van der Waals surface area (Å²) in [5, 5.41) is 0. The fourth-order valence-electron chi connectivity index (χ4n) is 3.44. The summed E-state index contributed by atoms with van der Waals surface area (Å²) in [7, 11) is 1.95. The number of carbonyl (C=O) groups is 1. The molecule has 2 saturated heterocycles. The molecule has 0 saturated carbocycles. The van der Waals surface area contributed by atoms with Gasteiger partial charge in [0.2, 0.25) is 5.91 Å². The third-order valence-electron chi connectivity index (χ3n) is 4.94. The van der Waals surface area contributed by atoms with Crippen LogP contribution in [0.3, 0.4) is 0 Å². The molecule has 0 radical (unpaired) electrons. The zero-order valence-electron chi connectivity index (χ0n) is 14.2. The molecule has 2 aliphatic heterocycles. The van der Waals surface area contributed by atoms with Crippen molar-refractivity contribution in [2.75, 3.05) is 39.9 Å². The number of likely N-dealkylation sites (N-methyl/N-ethyl adjacent to an activating group) is 1. The largest absolute Gasteiger partial charge is 0.378 e. The van der Waals surface area contributed by atoms with Crippen molar-refractivity contribution in [1.29, 1.82) is 0 Å². The molecule has 2 atom stereocenters. The van der Waals surface area contributed by atoms with Gasteiger partial charge in [-0.3, -0.25) is 14.6 Å². The maximum absolute atomic E-state index is 12.2. The summed E-state index contributed by atoms with van der Waals surface area (Å²) >= 11 is 0. The second kappa shape index (κ2) is 7.07. The molecule has 21 heavy (non-hydrogen) atoms. The second-order valence-electron chi connectivity index (χ2n) is 6.98. The van der Waals surface area contributed by atoms with E-state index in [2.05, 4.69) is 37.5 Å². The molecule has 2 unspecified atom stereocenters. The third kappa shape index (κ3) is 3.96. The number of amides is 1. The second-order valence-corrected chi connectivity index (χ2v) is 6.98. The van der Waals surface area contributed by atoms with Crippen LogP contribution in [-0.4, -0.2) is 84.7 Å². The van der Waals surface area contributed by atoms with Crippen LogP contribution in [0, 0.1) is 0 Å². The van der Waals surface area contributed by atoms with Gasteiger partial charge in [-0.05, 0) is 34.1 Å². The van der Waals surface area contributed by atoms with Crippen molar-refractivity contribution >= 4 is 5.91 Å². The number of piperazine rings is 1. The molecule has 2 rings (SSSR count). The first-order valence-corrected chi connectivity index (χ1v) is 8.23. The summed E-state index contributed by atoms with van der Waals surface area (Å²) in [6.45, 7) is 13.0. The Labute approximate surface area is 129 Å². The highest BCUT2D eigenvalue weighted by molar-refractivity contribution is 5.79. The zero-order chi connectivity index (χ0) is 15.6. The predicted octanol–water partition coefficient (Wildman–Crippen LogP) is 1.04. The standard InChI is InChI=1S/C16H31N3O2/c1-12(2)18-9-14(17(5)16(20)10-18)8-15-11-21-7-6-19(15)13(3)4/h12-15H,6-11H2,1-5H3. The van der Waals surface area contributed by atoms with Crippen LogP contribution in [-0.2, 0) is 9.53 Å². The van der Waals surface area contributed by atoms with Gasteiger partial charge in [-0.2, -0.15) is 0 Å². The van der Waals surface area contributed by atoms with E-state index in [9.17, 15) is 4.79 Å². The van der Waals surface area contributed by atoms with Crippen LogP contribution < -0.4 is 0 Å². The van der Waals surface area contributed by atoms with Crippen LogP contribution in [0.25, 0.3) is 0 Å². The van der Waals surface area contributed by atoms with E-state index in [-0.39, 0.29) is 5.91 Å². The summed E-state index contributed by atoms with van der Waals surface area (Å²) in [5.41, 5.74) is 0. The summed E-state index contributed by atoms with van der Waals surface area (Å²) in [6.07, 6.45) is 1.00. The van der Waals surface area contributed by atoms with Gasteiger partial charge in [0.1, 0.15) is 0 Å². The lowest BCUT2D eigenvalue weighted by atomic mass is 9.99. The fourth-order valence-corrected chi connectivity index (χ4v) is 3.44. The van der Waals surface area contributed by atoms with E-state index in [1.165, 1.54) is 0 Å². The predicted molar refractivity (Wildman–Crippen MR) is 84.3 cm³/mol. The number of morpholine rings is 1. The topological polar surface area (TPSA) is 36.0 Å². The third-order valence-corrected chi connectivity index (χ3v) is 4.94. The Morgan fingerprint density at radius 1 is 1.19 bits per heavy atom. The molecule has 1 amide bonds. The molecule has 0 spiro atoms. The first-order valence-electron chi connectivity index (χ1n) is 8.23. The highest BCUT2D eigenvalue weighted by Crippen LogP contribution is 2.21. The lowest BCUT2D eigenvalue weighted by Crippen LogP contribution is -2.59. The Bertz CT molecular complexity index is 359. The maximum atomic E-state index is 12.2. The molecule has 0 aromatic carbocycles. The highest BCUT2D eigenvalue weighted by atomic mass is 16.5. The Morgan fingerprint density at radius 3 is 2.52 bits per heavy atom. The van der Waals surface area contributed by atoms with E-state index in [0.29, 0.717) is 30.7 Å². The molecule has 0 bridgehead atoms. The lowest BCUT2D eigenvalue weighted by molar-refractivity contribution is -0.140. The monoisotopic (exact) mass is 297 g/mol. The number of carbonyl (C=O) groups excluding carboxylic acids is 1. The maximum Gasteiger partial charge on any atom is 0.236 e. The van der Waals surface area contributed by atoms with Crippen LogP contribution in [0.1, 0.15) is 34.1 Å². The van der Waals surface area contributed by atoms with E-state index in [4.69, 9.17) is 4.74 Å². The van der Waals surface area contributed by atoms with E-state index < -0.39 is 0 Å². The van der Waals surface area contributed by atoms with Crippen molar-refractivity contribution in [3.05, 3.63) is 0 Å². The fraction of sp³-hybridized carbons (Fsp3) is 0.938. The number of ether oxygens (including phenoxy) is 1. The molecule has 5 nitrogen and oxygen atoms in total. The van der Waals surface area contributed by atoms with Crippen LogP contribution in [0.15, 0.2) is 0 Å². The summed E-state index contributed by atoms with van der Waals surface area (Å²) in [4.78, 5) is 19.0. The van der Waals surface area contributed by atoms with Gasteiger partial charge < -0.3 is 9.64 Å². The quantitative estimate of drug-likeness (QED) is 0.777. The van der Waals surface area contributed by atoms with Crippen molar-refractivity contribution < 1.29 is 9.53 Å². The van der Waals surface area contributed by atoms with E-state index >= 15 is 0 Å². The molecular formula is C16H31N3O2. The molecule has 5 heteroatoms.